The van der Waals surface area contributed by atoms with Crippen LogP contribution in [0.1, 0.15) is 24.3 Å². The summed E-state index contributed by atoms with van der Waals surface area (Å²) in [5, 5.41) is 3.88. The Bertz CT molecular complexity index is 734. The van der Waals surface area contributed by atoms with Crippen molar-refractivity contribution in [2.24, 2.45) is 0 Å². The third-order valence-corrected chi connectivity index (χ3v) is 5.14. The summed E-state index contributed by atoms with van der Waals surface area (Å²) >= 11 is 0. The van der Waals surface area contributed by atoms with E-state index in [2.05, 4.69) is 14.9 Å². The SMILES string of the molecule is Cc1ccc(-c2noc(CNS(=O)(=O)N3CCCC3)n2)cc1. The Morgan fingerprint density at radius 1 is 1.23 bits per heavy atom. The summed E-state index contributed by atoms with van der Waals surface area (Å²) in [6, 6.07) is 7.72. The van der Waals surface area contributed by atoms with Crippen LogP contribution in [0, 0.1) is 6.92 Å². The van der Waals surface area contributed by atoms with Crippen LogP contribution in [0.25, 0.3) is 11.4 Å². The highest BCUT2D eigenvalue weighted by Crippen LogP contribution is 2.16. The van der Waals surface area contributed by atoms with Gasteiger partial charge in [-0.05, 0) is 19.8 Å². The Kier molecular flexibility index (Phi) is 4.23. The maximum atomic E-state index is 12.0. The molecule has 2 heterocycles. The smallest absolute Gasteiger partial charge is 0.279 e. The van der Waals surface area contributed by atoms with E-state index in [1.807, 2.05) is 31.2 Å². The van der Waals surface area contributed by atoms with E-state index in [0.29, 0.717) is 18.9 Å². The third-order valence-electron chi connectivity index (χ3n) is 3.59. The maximum Gasteiger partial charge on any atom is 0.279 e. The Morgan fingerprint density at radius 3 is 2.59 bits per heavy atom. The van der Waals surface area contributed by atoms with Crippen LogP contribution in [-0.2, 0) is 16.8 Å². The van der Waals surface area contributed by atoms with Gasteiger partial charge in [-0.25, -0.2) is 0 Å². The Labute approximate surface area is 129 Å². The highest BCUT2D eigenvalue weighted by molar-refractivity contribution is 7.87. The summed E-state index contributed by atoms with van der Waals surface area (Å²) in [5.74, 6) is 0.703. The summed E-state index contributed by atoms with van der Waals surface area (Å²) in [5.41, 5.74) is 1.98. The second-order valence-electron chi connectivity index (χ2n) is 5.31. The number of hydrogen-bond donors (Lipinski definition) is 1. The zero-order valence-electron chi connectivity index (χ0n) is 12.3. The highest BCUT2D eigenvalue weighted by atomic mass is 32.2. The molecule has 22 heavy (non-hydrogen) atoms. The molecular formula is C14H18N4O3S. The summed E-state index contributed by atoms with van der Waals surface area (Å²) in [7, 11) is -3.46. The lowest BCUT2D eigenvalue weighted by atomic mass is 10.1. The number of aromatic nitrogens is 2. The van der Waals surface area contributed by atoms with Gasteiger partial charge >= 0.3 is 0 Å². The van der Waals surface area contributed by atoms with Crippen molar-refractivity contribution in [2.75, 3.05) is 13.1 Å². The van der Waals surface area contributed by atoms with E-state index < -0.39 is 10.2 Å². The lowest BCUT2D eigenvalue weighted by Gasteiger charge is -2.14. The molecule has 2 aromatic rings. The second-order valence-corrected chi connectivity index (χ2v) is 7.07. The van der Waals surface area contributed by atoms with Gasteiger partial charge in [0.15, 0.2) is 0 Å². The lowest BCUT2D eigenvalue weighted by Crippen LogP contribution is -2.38. The molecule has 1 aromatic heterocycles. The van der Waals surface area contributed by atoms with Gasteiger partial charge in [0.2, 0.25) is 11.7 Å². The molecule has 0 saturated carbocycles. The number of nitrogens with zero attached hydrogens (tertiary/aromatic N) is 3. The van der Waals surface area contributed by atoms with Crippen LogP contribution in [-0.4, -0.2) is 36.0 Å². The summed E-state index contributed by atoms with van der Waals surface area (Å²) in [6.07, 6.45) is 1.80. The van der Waals surface area contributed by atoms with Gasteiger partial charge in [0.05, 0.1) is 6.54 Å². The molecule has 1 aromatic carbocycles. The third kappa shape index (κ3) is 3.34. The molecule has 118 valence electrons. The molecule has 0 spiro atoms. The Hall–Kier alpha value is -1.77. The fraction of sp³-hybridized carbons (Fsp3) is 0.429. The molecule has 0 amide bonds. The van der Waals surface area contributed by atoms with E-state index in [4.69, 9.17) is 4.52 Å². The normalized spacial score (nSPS) is 16.2. The second kappa shape index (κ2) is 6.15. The largest absolute Gasteiger partial charge is 0.338 e. The molecule has 1 aliphatic heterocycles. The van der Waals surface area contributed by atoms with E-state index in [0.717, 1.165) is 24.0 Å². The fourth-order valence-corrected chi connectivity index (χ4v) is 3.55. The van der Waals surface area contributed by atoms with Crippen molar-refractivity contribution < 1.29 is 12.9 Å². The molecule has 0 atom stereocenters. The number of aryl methyl sites for hydroxylation is 1. The van der Waals surface area contributed by atoms with E-state index >= 15 is 0 Å². The van der Waals surface area contributed by atoms with Crippen LogP contribution >= 0.6 is 0 Å². The van der Waals surface area contributed by atoms with Crippen molar-refractivity contribution in [3.63, 3.8) is 0 Å². The van der Waals surface area contributed by atoms with Crippen molar-refractivity contribution in [1.29, 1.82) is 0 Å². The zero-order valence-corrected chi connectivity index (χ0v) is 13.1. The first-order valence-corrected chi connectivity index (χ1v) is 8.63. The van der Waals surface area contributed by atoms with Gasteiger partial charge in [-0.3, -0.25) is 0 Å². The van der Waals surface area contributed by atoms with E-state index in [1.165, 1.54) is 4.31 Å². The van der Waals surface area contributed by atoms with E-state index in [9.17, 15) is 8.42 Å². The van der Waals surface area contributed by atoms with Crippen LogP contribution in [0.4, 0.5) is 0 Å². The number of nitrogens with one attached hydrogen (secondary N) is 1. The van der Waals surface area contributed by atoms with Crippen molar-refractivity contribution in [2.45, 2.75) is 26.3 Å². The first kappa shape index (κ1) is 15.1. The highest BCUT2D eigenvalue weighted by Gasteiger charge is 2.25. The van der Waals surface area contributed by atoms with Gasteiger partial charge in [0, 0.05) is 18.7 Å². The van der Waals surface area contributed by atoms with Crippen molar-refractivity contribution in [1.82, 2.24) is 19.2 Å². The Balaban J connectivity index is 1.65. The van der Waals surface area contributed by atoms with Crippen molar-refractivity contribution >= 4 is 10.2 Å². The standard InChI is InChI=1S/C14H18N4O3S/c1-11-4-6-12(7-5-11)14-16-13(21-17-14)10-15-22(19,20)18-8-2-3-9-18/h4-7,15H,2-3,8-10H2,1H3. The van der Waals surface area contributed by atoms with E-state index in [-0.39, 0.29) is 12.4 Å². The molecule has 0 unspecified atom stereocenters. The lowest BCUT2D eigenvalue weighted by molar-refractivity contribution is 0.373. The quantitative estimate of drug-likeness (QED) is 0.900. The molecular weight excluding hydrogens is 304 g/mol. The first-order chi connectivity index (χ1) is 10.5. The molecule has 1 fully saturated rings. The van der Waals surface area contributed by atoms with Crippen LogP contribution in [0.3, 0.4) is 0 Å². The topological polar surface area (TPSA) is 88.3 Å². The average Bonchev–Trinajstić information content (AvgIpc) is 3.18. The zero-order chi connectivity index (χ0) is 15.6. The van der Waals surface area contributed by atoms with Crippen LogP contribution in [0.5, 0.6) is 0 Å². The first-order valence-electron chi connectivity index (χ1n) is 7.19. The molecule has 0 radical (unpaired) electrons. The van der Waals surface area contributed by atoms with Crippen LogP contribution in [0.2, 0.25) is 0 Å². The monoisotopic (exact) mass is 322 g/mol. The minimum Gasteiger partial charge on any atom is -0.338 e. The van der Waals surface area contributed by atoms with Crippen LogP contribution in [0.15, 0.2) is 28.8 Å². The molecule has 0 bridgehead atoms. The fourth-order valence-electron chi connectivity index (χ4n) is 2.32. The van der Waals surface area contributed by atoms with Crippen molar-refractivity contribution in [3.8, 4) is 11.4 Å². The number of rotatable bonds is 5. The molecule has 3 rings (SSSR count). The number of benzene rings is 1. The minimum atomic E-state index is -3.46. The minimum absolute atomic E-state index is 0.00229. The predicted octanol–water partition coefficient (Wildman–Crippen LogP) is 1.48. The predicted molar refractivity (Wildman–Crippen MR) is 81.0 cm³/mol. The molecule has 8 heteroatoms. The molecule has 7 nitrogen and oxygen atoms in total. The van der Waals surface area contributed by atoms with Gasteiger partial charge in [-0.2, -0.15) is 22.4 Å². The van der Waals surface area contributed by atoms with Gasteiger partial charge in [-0.1, -0.05) is 35.0 Å². The van der Waals surface area contributed by atoms with Crippen molar-refractivity contribution in [3.05, 3.63) is 35.7 Å². The van der Waals surface area contributed by atoms with Gasteiger partial charge in [-0.15, -0.1) is 0 Å². The molecule has 1 aliphatic rings. The molecule has 1 saturated heterocycles. The van der Waals surface area contributed by atoms with Crippen LogP contribution < -0.4 is 4.72 Å². The maximum absolute atomic E-state index is 12.0. The van der Waals surface area contributed by atoms with Gasteiger partial charge in [0.25, 0.3) is 10.2 Å². The summed E-state index contributed by atoms with van der Waals surface area (Å²) in [4.78, 5) is 4.22. The summed E-state index contributed by atoms with van der Waals surface area (Å²) < 4.78 is 33.1. The molecule has 0 aliphatic carbocycles. The summed E-state index contributed by atoms with van der Waals surface area (Å²) in [6.45, 7) is 3.12. The molecule has 1 N–H and O–H groups in total. The van der Waals surface area contributed by atoms with E-state index in [1.54, 1.807) is 0 Å². The van der Waals surface area contributed by atoms with Gasteiger partial charge < -0.3 is 4.52 Å². The van der Waals surface area contributed by atoms with Gasteiger partial charge in [0.1, 0.15) is 0 Å². The Morgan fingerprint density at radius 2 is 1.91 bits per heavy atom. The number of hydrogen-bond acceptors (Lipinski definition) is 5. The average molecular weight is 322 g/mol.